The number of thiazole rings is 1. The molecule has 0 unspecified atom stereocenters. The van der Waals surface area contributed by atoms with Gasteiger partial charge >= 0.3 is 0 Å². The van der Waals surface area contributed by atoms with Crippen LogP contribution in [0.15, 0.2) is 23.4 Å². The predicted molar refractivity (Wildman–Crippen MR) is 80.3 cm³/mol. The second-order valence-electron chi connectivity index (χ2n) is 4.30. The van der Waals surface area contributed by atoms with E-state index in [9.17, 15) is 8.78 Å². The standard InChI is InChI=1S/C13H10F2N4S2/c1-6-10-11(18-12(16)21-10)19-13(17-6)20-5-7-3-2-4-8(14)9(7)15/h2-4H,5H2,1H3,(H2,16,17,18,19). The van der Waals surface area contributed by atoms with Crippen molar-refractivity contribution in [2.24, 2.45) is 0 Å². The van der Waals surface area contributed by atoms with Gasteiger partial charge in [0.05, 0.1) is 10.4 Å². The van der Waals surface area contributed by atoms with E-state index in [1.165, 1.54) is 35.2 Å². The number of halogens is 2. The molecule has 0 saturated carbocycles. The third-order valence-electron chi connectivity index (χ3n) is 2.81. The Balaban J connectivity index is 1.86. The molecule has 3 rings (SSSR count). The number of nitrogen functional groups attached to an aromatic ring is 1. The SMILES string of the molecule is Cc1nc(SCc2cccc(F)c2F)nc2nc(N)sc12. The van der Waals surface area contributed by atoms with Gasteiger partial charge in [-0.05, 0) is 13.0 Å². The molecule has 2 N–H and O–H groups in total. The van der Waals surface area contributed by atoms with Crippen molar-refractivity contribution in [2.45, 2.75) is 17.8 Å². The van der Waals surface area contributed by atoms with Crippen molar-refractivity contribution in [3.8, 4) is 0 Å². The first-order valence-electron chi connectivity index (χ1n) is 6.01. The highest BCUT2D eigenvalue weighted by atomic mass is 32.2. The van der Waals surface area contributed by atoms with Crippen LogP contribution in [0.25, 0.3) is 10.3 Å². The monoisotopic (exact) mass is 324 g/mol. The number of thioether (sulfide) groups is 1. The lowest BCUT2D eigenvalue weighted by atomic mass is 10.2. The normalized spacial score (nSPS) is 11.2. The van der Waals surface area contributed by atoms with Crippen LogP contribution in [-0.4, -0.2) is 15.0 Å². The highest BCUT2D eigenvalue weighted by Gasteiger charge is 2.12. The summed E-state index contributed by atoms with van der Waals surface area (Å²) >= 11 is 2.56. The Hall–Kier alpha value is -1.80. The minimum absolute atomic E-state index is 0.244. The van der Waals surface area contributed by atoms with Gasteiger partial charge in [0.15, 0.2) is 27.6 Å². The van der Waals surface area contributed by atoms with E-state index in [-0.39, 0.29) is 11.3 Å². The molecule has 0 fully saturated rings. The maximum atomic E-state index is 13.6. The smallest absolute Gasteiger partial charge is 0.190 e. The molecule has 0 radical (unpaired) electrons. The van der Waals surface area contributed by atoms with Crippen LogP contribution in [0.5, 0.6) is 0 Å². The summed E-state index contributed by atoms with van der Waals surface area (Å²) in [6.45, 7) is 1.84. The van der Waals surface area contributed by atoms with Gasteiger partial charge in [0.2, 0.25) is 0 Å². The van der Waals surface area contributed by atoms with E-state index in [2.05, 4.69) is 15.0 Å². The Morgan fingerprint density at radius 3 is 2.86 bits per heavy atom. The maximum absolute atomic E-state index is 13.6. The number of nitrogens with two attached hydrogens (primary N) is 1. The van der Waals surface area contributed by atoms with Crippen LogP contribution >= 0.6 is 23.1 Å². The summed E-state index contributed by atoms with van der Waals surface area (Å²) in [5.41, 5.74) is 7.24. The molecule has 4 nitrogen and oxygen atoms in total. The zero-order valence-corrected chi connectivity index (χ0v) is 12.6. The van der Waals surface area contributed by atoms with Crippen molar-refractivity contribution < 1.29 is 8.78 Å². The molecule has 0 spiro atoms. The van der Waals surface area contributed by atoms with Crippen molar-refractivity contribution >= 4 is 38.6 Å². The first kappa shape index (κ1) is 14.2. The molecule has 8 heteroatoms. The van der Waals surface area contributed by atoms with E-state index in [0.717, 1.165) is 16.5 Å². The van der Waals surface area contributed by atoms with Crippen LogP contribution in [0.1, 0.15) is 11.3 Å². The highest BCUT2D eigenvalue weighted by molar-refractivity contribution is 7.98. The lowest BCUT2D eigenvalue weighted by Gasteiger charge is -2.04. The van der Waals surface area contributed by atoms with Gasteiger partial charge in [0.25, 0.3) is 0 Å². The summed E-state index contributed by atoms with van der Waals surface area (Å²) in [4.78, 5) is 12.7. The van der Waals surface area contributed by atoms with Crippen LogP contribution in [0, 0.1) is 18.6 Å². The molecule has 1 aromatic carbocycles. The molecule has 21 heavy (non-hydrogen) atoms. The van der Waals surface area contributed by atoms with Gasteiger partial charge in [0.1, 0.15) is 0 Å². The first-order chi connectivity index (χ1) is 10.0. The third-order valence-corrected chi connectivity index (χ3v) is 4.69. The summed E-state index contributed by atoms with van der Waals surface area (Å²) in [6, 6.07) is 4.11. The average Bonchev–Trinajstić information content (AvgIpc) is 2.81. The van der Waals surface area contributed by atoms with Gasteiger partial charge in [-0.15, -0.1) is 0 Å². The number of aryl methyl sites for hydroxylation is 1. The Labute approximate surface area is 127 Å². The third kappa shape index (κ3) is 2.81. The predicted octanol–water partition coefficient (Wildman–Crippen LogP) is 3.55. The van der Waals surface area contributed by atoms with Crippen molar-refractivity contribution in [1.82, 2.24) is 15.0 Å². The van der Waals surface area contributed by atoms with E-state index >= 15 is 0 Å². The van der Waals surface area contributed by atoms with Gasteiger partial charge in [0, 0.05) is 11.3 Å². The molecule has 2 aromatic heterocycles. The number of anilines is 1. The zero-order chi connectivity index (χ0) is 15.0. The van der Waals surface area contributed by atoms with Crippen molar-refractivity contribution in [3.63, 3.8) is 0 Å². The number of rotatable bonds is 3. The van der Waals surface area contributed by atoms with E-state index < -0.39 is 11.6 Å². The number of aromatic nitrogens is 3. The molecule has 3 aromatic rings. The number of fused-ring (bicyclic) bond motifs is 1. The maximum Gasteiger partial charge on any atom is 0.190 e. The van der Waals surface area contributed by atoms with Crippen molar-refractivity contribution in [2.75, 3.05) is 5.73 Å². The molecule has 0 atom stereocenters. The topological polar surface area (TPSA) is 64.7 Å². The van der Waals surface area contributed by atoms with Gasteiger partial charge in [-0.25, -0.2) is 23.7 Å². The van der Waals surface area contributed by atoms with Gasteiger partial charge < -0.3 is 5.73 Å². The molecular weight excluding hydrogens is 314 g/mol. The quantitative estimate of drug-likeness (QED) is 0.589. The highest BCUT2D eigenvalue weighted by Crippen LogP contribution is 2.28. The van der Waals surface area contributed by atoms with Crippen LogP contribution in [0.2, 0.25) is 0 Å². The number of hydrogen-bond donors (Lipinski definition) is 1. The minimum atomic E-state index is -0.854. The summed E-state index contributed by atoms with van der Waals surface area (Å²) in [5.74, 6) is -1.44. The largest absolute Gasteiger partial charge is 0.375 e. The lowest BCUT2D eigenvalue weighted by molar-refractivity contribution is 0.502. The van der Waals surface area contributed by atoms with E-state index in [1.807, 2.05) is 6.92 Å². The summed E-state index contributed by atoms with van der Waals surface area (Å²) in [6.07, 6.45) is 0. The summed E-state index contributed by atoms with van der Waals surface area (Å²) in [7, 11) is 0. The fraction of sp³-hybridized carbons (Fsp3) is 0.154. The molecular formula is C13H10F2N4S2. The zero-order valence-electron chi connectivity index (χ0n) is 10.9. The van der Waals surface area contributed by atoms with E-state index in [0.29, 0.717) is 15.9 Å². The van der Waals surface area contributed by atoms with Gasteiger partial charge in [-0.1, -0.05) is 35.2 Å². The second-order valence-corrected chi connectivity index (χ2v) is 6.27. The van der Waals surface area contributed by atoms with Crippen LogP contribution in [0.3, 0.4) is 0 Å². The minimum Gasteiger partial charge on any atom is -0.375 e. The number of benzene rings is 1. The first-order valence-corrected chi connectivity index (χ1v) is 7.81. The fourth-order valence-electron chi connectivity index (χ4n) is 1.82. The molecule has 0 aliphatic heterocycles. The second kappa shape index (κ2) is 5.53. The molecule has 0 amide bonds. The van der Waals surface area contributed by atoms with Crippen molar-refractivity contribution in [3.05, 3.63) is 41.1 Å². The molecule has 0 aliphatic rings. The molecule has 108 valence electrons. The Morgan fingerprint density at radius 2 is 2.05 bits per heavy atom. The van der Waals surface area contributed by atoms with E-state index in [1.54, 1.807) is 0 Å². The number of nitrogens with zero attached hydrogens (tertiary/aromatic N) is 3. The molecule has 0 aliphatic carbocycles. The fourth-order valence-corrected chi connectivity index (χ4v) is 3.39. The van der Waals surface area contributed by atoms with Crippen LogP contribution in [0.4, 0.5) is 13.9 Å². The van der Waals surface area contributed by atoms with Crippen molar-refractivity contribution in [1.29, 1.82) is 0 Å². The molecule has 0 saturated heterocycles. The van der Waals surface area contributed by atoms with Gasteiger partial charge in [-0.2, -0.15) is 0 Å². The van der Waals surface area contributed by atoms with Crippen LogP contribution in [-0.2, 0) is 5.75 Å². The Bertz CT molecular complexity index is 819. The summed E-state index contributed by atoms with van der Waals surface area (Å²) in [5, 5.41) is 0.898. The van der Waals surface area contributed by atoms with E-state index in [4.69, 9.17) is 5.73 Å². The molecule has 0 bridgehead atoms. The summed E-state index contributed by atoms with van der Waals surface area (Å²) < 4.78 is 27.6. The Kier molecular flexibility index (Phi) is 3.73. The lowest BCUT2D eigenvalue weighted by Crippen LogP contribution is -1.95. The van der Waals surface area contributed by atoms with Crippen LogP contribution < -0.4 is 5.73 Å². The number of hydrogen-bond acceptors (Lipinski definition) is 6. The van der Waals surface area contributed by atoms with Gasteiger partial charge in [-0.3, -0.25) is 0 Å². The molecule has 2 heterocycles. The Morgan fingerprint density at radius 1 is 1.24 bits per heavy atom. The average molecular weight is 324 g/mol.